The molecule has 0 unspecified atom stereocenters. The maximum Gasteiger partial charge on any atom is 0.308 e. The minimum atomic E-state index is -1.06. The smallest absolute Gasteiger partial charge is 0.308 e. The monoisotopic (exact) mass is 274 g/mol. The highest BCUT2D eigenvalue weighted by Crippen LogP contribution is 2.32. The molecule has 5 heteroatoms. The van der Waals surface area contributed by atoms with E-state index in [0.29, 0.717) is 10.0 Å². The molecule has 0 fully saturated rings. The summed E-state index contributed by atoms with van der Waals surface area (Å²) < 4.78 is 4.90. The molecule has 15 heavy (non-hydrogen) atoms. The first-order valence-corrected chi connectivity index (χ1v) is 5.07. The second-order valence-electron chi connectivity index (χ2n) is 2.97. The van der Waals surface area contributed by atoms with Crippen LogP contribution in [0.25, 0.3) is 0 Å². The first kappa shape index (κ1) is 12.0. The van der Waals surface area contributed by atoms with Crippen LogP contribution in [0.15, 0.2) is 22.7 Å². The summed E-state index contributed by atoms with van der Waals surface area (Å²) in [6.07, 6.45) is -1.24. The number of para-hydroxylation sites is 1. The highest BCUT2D eigenvalue weighted by Gasteiger charge is 2.17. The van der Waals surface area contributed by atoms with E-state index in [1.807, 2.05) is 0 Å². The second kappa shape index (κ2) is 5.14. The van der Waals surface area contributed by atoms with E-state index in [1.165, 1.54) is 7.11 Å². The van der Waals surface area contributed by atoms with Gasteiger partial charge in [-0.1, -0.05) is 12.1 Å². The molecular weight excluding hydrogens is 264 g/mol. The fourth-order valence-electron chi connectivity index (χ4n) is 1.15. The Balaban J connectivity index is 2.86. The average Bonchev–Trinajstić information content (AvgIpc) is 2.21. The van der Waals surface area contributed by atoms with Gasteiger partial charge >= 0.3 is 5.97 Å². The van der Waals surface area contributed by atoms with Gasteiger partial charge in [-0.3, -0.25) is 4.79 Å². The number of methoxy groups -OCH3 is 1. The number of carbonyl (C=O) groups is 1. The molecule has 1 aromatic rings. The summed E-state index contributed by atoms with van der Waals surface area (Å²) in [7, 11) is 1.25. The molecule has 1 rings (SSSR count). The SMILES string of the molecule is COC(=O)C[C@H](O)c1cccc(Br)c1O. The highest BCUT2D eigenvalue weighted by molar-refractivity contribution is 9.10. The molecule has 0 bridgehead atoms. The molecule has 0 spiro atoms. The van der Waals surface area contributed by atoms with Crippen LogP contribution >= 0.6 is 15.9 Å². The van der Waals surface area contributed by atoms with Crippen molar-refractivity contribution in [2.45, 2.75) is 12.5 Å². The Labute approximate surface area is 95.6 Å². The number of phenols is 1. The molecule has 0 saturated carbocycles. The predicted octanol–water partition coefficient (Wildman–Crippen LogP) is 1.75. The van der Waals surface area contributed by atoms with Gasteiger partial charge in [0.2, 0.25) is 0 Å². The maximum absolute atomic E-state index is 10.9. The van der Waals surface area contributed by atoms with Gasteiger partial charge in [0.25, 0.3) is 0 Å². The Bertz CT molecular complexity index is 364. The van der Waals surface area contributed by atoms with Gasteiger partial charge in [0, 0.05) is 5.56 Å². The summed E-state index contributed by atoms with van der Waals surface area (Å²) in [4.78, 5) is 10.9. The molecule has 0 aliphatic heterocycles. The number of carbonyl (C=O) groups excluding carboxylic acids is 1. The van der Waals surface area contributed by atoms with E-state index in [0.717, 1.165) is 0 Å². The van der Waals surface area contributed by atoms with Crippen LogP contribution in [0.2, 0.25) is 0 Å². The molecular formula is C10H11BrO4. The van der Waals surface area contributed by atoms with E-state index in [4.69, 9.17) is 0 Å². The fraction of sp³-hybridized carbons (Fsp3) is 0.300. The van der Waals surface area contributed by atoms with E-state index in [2.05, 4.69) is 20.7 Å². The standard InChI is InChI=1S/C10H11BrO4/c1-15-9(13)5-8(12)6-3-2-4-7(11)10(6)14/h2-4,8,12,14H,5H2,1H3/t8-/m0/s1. The summed E-state index contributed by atoms with van der Waals surface area (Å²) in [5, 5.41) is 19.2. The number of esters is 1. The van der Waals surface area contributed by atoms with E-state index in [-0.39, 0.29) is 12.2 Å². The summed E-state index contributed by atoms with van der Waals surface area (Å²) in [6, 6.07) is 4.86. The Morgan fingerprint density at radius 1 is 1.60 bits per heavy atom. The number of aromatic hydroxyl groups is 1. The van der Waals surface area contributed by atoms with Crippen LogP contribution in [-0.2, 0) is 9.53 Å². The van der Waals surface area contributed by atoms with Crippen molar-refractivity contribution in [2.75, 3.05) is 7.11 Å². The maximum atomic E-state index is 10.9. The van der Waals surface area contributed by atoms with Crippen LogP contribution in [0.3, 0.4) is 0 Å². The number of ether oxygens (including phenoxy) is 1. The van der Waals surface area contributed by atoms with Crippen molar-refractivity contribution in [1.29, 1.82) is 0 Å². The third-order valence-electron chi connectivity index (χ3n) is 1.96. The molecule has 0 radical (unpaired) electrons. The zero-order valence-corrected chi connectivity index (χ0v) is 9.69. The van der Waals surface area contributed by atoms with Crippen molar-refractivity contribution in [3.05, 3.63) is 28.2 Å². The molecule has 0 amide bonds. The van der Waals surface area contributed by atoms with Crippen molar-refractivity contribution < 1.29 is 19.7 Å². The van der Waals surface area contributed by atoms with Gasteiger partial charge in [0.05, 0.1) is 24.1 Å². The summed E-state index contributed by atoms with van der Waals surface area (Å²) in [6.45, 7) is 0. The van der Waals surface area contributed by atoms with Crippen LogP contribution in [0.5, 0.6) is 5.75 Å². The number of hydrogen-bond acceptors (Lipinski definition) is 4. The van der Waals surface area contributed by atoms with Gasteiger partial charge in [-0.2, -0.15) is 0 Å². The van der Waals surface area contributed by atoms with Gasteiger partial charge in [0.15, 0.2) is 0 Å². The van der Waals surface area contributed by atoms with Crippen LogP contribution in [-0.4, -0.2) is 23.3 Å². The normalized spacial score (nSPS) is 12.2. The lowest BCUT2D eigenvalue weighted by Crippen LogP contribution is -2.08. The average molecular weight is 275 g/mol. The van der Waals surface area contributed by atoms with Gasteiger partial charge in [-0.15, -0.1) is 0 Å². The molecule has 0 saturated heterocycles. The Hall–Kier alpha value is -1.07. The van der Waals surface area contributed by atoms with E-state index in [9.17, 15) is 15.0 Å². The number of benzene rings is 1. The van der Waals surface area contributed by atoms with Crippen LogP contribution in [0.1, 0.15) is 18.1 Å². The molecule has 4 nitrogen and oxygen atoms in total. The van der Waals surface area contributed by atoms with Crippen molar-refractivity contribution in [3.8, 4) is 5.75 Å². The van der Waals surface area contributed by atoms with Crippen molar-refractivity contribution in [2.24, 2.45) is 0 Å². The molecule has 0 aromatic heterocycles. The fourth-order valence-corrected chi connectivity index (χ4v) is 1.53. The van der Waals surface area contributed by atoms with Crippen molar-refractivity contribution in [3.63, 3.8) is 0 Å². The van der Waals surface area contributed by atoms with Gasteiger partial charge < -0.3 is 14.9 Å². The van der Waals surface area contributed by atoms with Gasteiger partial charge in [-0.25, -0.2) is 0 Å². The molecule has 1 aromatic carbocycles. The molecule has 1 atom stereocenters. The van der Waals surface area contributed by atoms with Crippen LogP contribution in [0, 0.1) is 0 Å². The quantitative estimate of drug-likeness (QED) is 0.825. The number of aliphatic hydroxyl groups is 1. The Morgan fingerprint density at radius 3 is 2.87 bits per heavy atom. The molecule has 82 valence electrons. The number of hydrogen-bond donors (Lipinski definition) is 2. The Morgan fingerprint density at radius 2 is 2.27 bits per heavy atom. The highest BCUT2D eigenvalue weighted by atomic mass is 79.9. The lowest BCUT2D eigenvalue weighted by molar-refractivity contribution is -0.142. The molecule has 2 N–H and O–H groups in total. The summed E-state index contributed by atoms with van der Waals surface area (Å²) in [5.41, 5.74) is 0.301. The minimum absolute atomic E-state index is 0.0612. The van der Waals surface area contributed by atoms with Gasteiger partial charge in [-0.05, 0) is 22.0 Å². The van der Waals surface area contributed by atoms with E-state index < -0.39 is 12.1 Å². The number of rotatable bonds is 3. The Kier molecular flexibility index (Phi) is 4.11. The number of halogens is 1. The lowest BCUT2D eigenvalue weighted by Gasteiger charge is -2.11. The van der Waals surface area contributed by atoms with Gasteiger partial charge in [0.1, 0.15) is 5.75 Å². The first-order chi connectivity index (χ1) is 7.06. The topological polar surface area (TPSA) is 66.8 Å². The zero-order chi connectivity index (χ0) is 11.4. The van der Waals surface area contributed by atoms with E-state index in [1.54, 1.807) is 18.2 Å². The lowest BCUT2D eigenvalue weighted by atomic mass is 10.1. The van der Waals surface area contributed by atoms with Crippen LogP contribution < -0.4 is 0 Å². The summed E-state index contributed by atoms with van der Waals surface area (Å²) >= 11 is 3.12. The summed E-state index contributed by atoms with van der Waals surface area (Å²) in [5.74, 6) is -0.587. The third-order valence-corrected chi connectivity index (χ3v) is 2.60. The molecule has 0 aliphatic rings. The predicted molar refractivity (Wildman–Crippen MR) is 57.4 cm³/mol. The first-order valence-electron chi connectivity index (χ1n) is 4.28. The zero-order valence-electron chi connectivity index (χ0n) is 8.11. The second-order valence-corrected chi connectivity index (χ2v) is 3.83. The molecule has 0 heterocycles. The van der Waals surface area contributed by atoms with Crippen molar-refractivity contribution >= 4 is 21.9 Å². The van der Waals surface area contributed by atoms with E-state index >= 15 is 0 Å². The largest absolute Gasteiger partial charge is 0.506 e. The minimum Gasteiger partial charge on any atom is -0.506 e. The number of aliphatic hydroxyl groups excluding tert-OH is 1. The third kappa shape index (κ3) is 2.94. The van der Waals surface area contributed by atoms with Crippen LogP contribution in [0.4, 0.5) is 0 Å². The van der Waals surface area contributed by atoms with Crippen molar-refractivity contribution in [1.82, 2.24) is 0 Å². The number of phenolic OH excluding ortho intramolecular Hbond substituents is 1. The molecule has 0 aliphatic carbocycles.